The number of alkyl halides is 6. The minimum atomic E-state index is -6.41. The number of ketones is 2. The van der Waals surface area contributed by atoms with Crippen LogP contribution in [0.3, 0.4) is 0 Å². The Hall–Kier alpha value is -1.74. The molecule has 9 atom stereocenters. The van der Waals surface area contributed by atoms with E-state index in [1.165, 1.54) is 0 Å². The highest BCUT2D eigenvalue weighted by Crippen LogP contribution is 2.65. The van der Waals surface area contributed by atoms with E-state index in [1.807, 2.05) is 0 Å². The molecule has 2 N–H and O–H groups in total. The van der Waals surface area contributed by atoms with E-state index in [4.69, 9.17) is 4.55 Å². The molecule has 0 saturated heterocycles. The van der Waals surface area contributed by atoms with Crippen molar-refractivity contribution >= 4 is 27.7 Å². The van der Waals surface area contributed by atoms with Crippen molar-refractivity contribution in [3.05, 3.63) is 0 Å². The molecule has 0 aromatic heterocycles. The third-order valence-corrected chi connectivity index (χ3v) is 12.5. The smallest absolute Gasteiger partial charge is 0.438 e. The van der Waals surface area contributed by atoms with Gasteiger partial charge in [-0.05, 0) is 73.5 Å². The van der Waals surface area contributed by atoms with Crippen LogP contribution in [0.4, 0.5) is 26.3 Å². The summed E-state index contributed by atoms with van der Waals surface area (Å²) in [5, 5.41) is 10.2. The first kappa shape index (κ1) is 35.1. The summed E-state index contributed by atoms with van der Waals surface area (Å²) in [5.74, 6) is -6.75. The van der Waals surface area contributed by atoms with E-state index in [0.29, 0.717) is 44.9 Å². The Morgan fingerprint density at radius 2 is 1.64 bits per heavy atom. The van der Waals surface area contributed by atoms with Gasteiger partial charge >= 0.3 is 23.9 Å². The molecule has 4 rings (SSSR count). The molecule has 0 aromatic rings. The fourth-order valence-corrected chi connectivity index (χ4v) is 10.2. The number of ether oxygens (including phenoxy) is 1. The number of aliphatic hydroxyl groups excluding tert-OH is 1. The van der Waals surface area contributed by atoms with Crippen LogP contribution in [0.15, 0.2) is 0 Å². The summed E-state index contributed by atoms with van der Waals surface area (Å²) in [5.41, 5.74) is -6.75. The molecule has 44 heavy (non-hydrogen) atoms. The molecule has 252 valence electrons. The number of hydrogen-bond donors (Lipinski definition) is 2. The number of halogens is 6. The highest BCUT2D eigenvalue weighted by Gasteiger charge is 2.76. The van der Waals surface area contributed by atoms with Gasteiger partial charge in [0.1, 0.15) is 17.3 Å². The molecule has 0 heterocycles. The maximum absolute atomic E-state index is 14.0. The zero-order valence-electron chi connectivity index (χ0n) is 24.8. The van der Waals surface area contributed by atoms with E-state index >= 15 is 0 Å². The Balaban J connectivity index is 1.53. The average Bonchev–Trinajstić information content (AvgIpc) is 2.86. The van der Waals surface area contributed by atoms with Crippen molar-refractivity contribution in [1.82, 2.24) is 0 Å². The number of aliphatic hydroxyl groups is 1. The number of rotatable bonds is 7. The Labute approximate surface area is 252 Å². The van der Waals surface area contributed by atoms with Crippen LogP contribution in [0.25, 0.3) is 0 Å². The minimum Gasteiger partial charge on any atom is -0.438 e. The van der Waals surface area contributed by atoms with Crippen LogP contribution in [-0.2, 0) is 29.2 Å². The Bertz CT molecular complexity index is 1250. The second-order valence-corrected chi connectivity index (χ2v) is 15.5. The van der Waals surface area contributed by atoms with E-state index < -0.39 is 69.6 Å². The van der Waals surface area contributed by atoms with Crippen molar-refractivity contribution in [1.29, 1.82) is 0 Å². The Morgan fingerprint density at radius 1 is 1.02 bits per heavy atom. The van der Waals surface area contributed by atoms with Crippen LogP contribution in [0, 0.1) is 46.3 Å². The summed E-state index contributed by atoms with van der Waals surface area (Å²) in [7, 11) is -5.89. The monoisotopic (exact) mass is 662 g/mol. The standard InChI is InChI=1S/C29H40F6O8S/c1-15(7-8-23(39)43-27(28(30,31)32,29(33,34)35)14-44(40,41)42)18-5-4-6-19-24-20(13-22(38)26(18,19)3)25(2)10-9-17(36)11-16(25)12-21(24)37/h15-20,24,36H,4-14H2,1-3H3,(H,40,41,42). The SMILES string of the molecule is CC(CCC(=O)OC(CS(=O)(=O)O)(C(F)(F)F)C(F)(F)F)C1CCCC2C3C(=O)CC4CC(O)CCC4(C)C3CC(=O)C12C. The normalized spacial score (nSPS) is 37.4. The maximum atomic E-state index is 14.0. The summed E-state index contributed by atoms with van der Waals surface area (Å²) in [6.45, 7) is 5.53. The van der Waals surface area contributed by atoms with Crippen molar-refractivity contribution in [3.8, 4) is 0 Å². The topological polar surface area (TPSA) is 135 Å². The number of carbonyl (C=O) groups is 3. The molecule has 0 amide bonds. The predicted octanol–water partition coefficient (Wildman–Crippen LogP) is 5.47. The Morgan fingerprint density at radius 3 is 2.20 bits per heavy atom. The molecule has 4 aliphatic carbocycles. The lowest BCUT2D eigenvalue weighted by Gasteiger charge is -2.62. The largest absolute Gasteiger partial charge is 0.438 e. The molecule has 4 fully saturated rings. The molecule has 0 radical (unpaired) electrons. The second-order valence-electron chi connectivity index (χ2n) is 14.0. The van der Waals surface area contributed by atoms with Crippen molar-refractivity contribution in [2.45, 2.75) is 109 Å². The van der Waals surface area contributed by atoms with Crippen molar-refractivity contribution in [2.75, 3.05) is 5.75 Å². The van der Waals surface area contributed by atoms with Crippen LogP contribution < -0.4 is 0 Å². The van der Waals surface area contributed by atoms with Crippen LogP contribution in [-0.4, -0.2) is 65.4 Å². The fourth-order valence-electron chi connectivity index (χ4n) is 9.29. The molecule has 4 aliphatic rings. The molecular formula is C29H40F6O8S. The van der Waals surface area contributed by atoms with Gasteiger partial charge in [0.05, 0.1) is 6.10 Å². The van der Waals surface area contributed by atoms with Gasteiger partial charge in [0.2, 0.25) is 0 Å². The van der Waals surface area contributed by atoms with Gasteiger partial charge in [0.25, 0.3) is 10.1 Å². The molecule has 4 saturated carbocycles. The summed E-state index contributed by atoms with van der Waals surface area (Å²) in [6.07, 6.45) is -10.5. The predicted molar refractivity (Wildman–Crippen MR) is 142 cm³/mol. The van der Waals surface area contributed by atoms with E-state index in [-0.39, 0.29) is 53.5 Å². The molecule has 0 spiro atoms. The summed E-state index contributed by atoms with van der Waals surface area (Å²) in [6, 6.07) is 0. The average molecular weight is 663 g/mol. The highest BCUT2D eigenvalue weighted by atomic mass is 32.2. The number of esters is 1. The molecule has 0 aromatic carbocycles. The van der Waals surface area contributed by atoms with Gasteiger partial charge < -0.3 is 9.84 Å². The van der Waals surface area contributed by atoms with Crippen molar-refractivity contribution in [2.24, 2.45) is 46.3 Å². The zero-order chi connectivity index (χ0) is 33.3. The quantitative estimate of drug-likeness (QED) is 0.208. The van der Waals surface area contributed by atoms with Crippen LogP contribution in [0.2, 0.25) is 0 Å². The fraction of sp³-hybridized carbons (Fsp3) is 0.897. The van der Waals surface area contributed by atoms with Gasteiger partial charge in [-0.15, -0.1) is 0 Å². The van der Waals surface area contributed by atoms with Crippen LogP contribution in [0.5, 0.6) is 0 Å². The van der Waals surface area contributed by atoms with Gasteiger partial charge in [-0.25, -0.2) is 0 Å². The van der Waals surface area contributed by atoms with E-state index in [2.05, 4.69) is 11.7 Å². The first-order valence-electron chi connectivity index (χ1n) is 15.0. The molecule has 0 aliphatic heterocycles. The molecule has 8 nitrogen and oxygen atoms in total. The van der Waals surface area contributed by atoms with E-state index in [9.17, 15) is 54.3 Å². The minimum absolute atomic E-state index is 0.0252. The van der Waals surface area contributed by atoms with E-state index in [0.717, 1.165) is 0 Å². The lowest BCUT2D eigenvalue weighted by atomic mass is 9.40. The van der Waals surface area contributed by atoms with E-state index in [1.54, 1.807) is 13.8 Å². The zero-order valence-corrected chi connectivity index (χ0v) is 25.7. The number of fused-ring (bicyclic) bond motifs is 5. The van der Waals surface area contributed by atoms with Crippen molar-refractivity contribution < 1.29 is 63.5 Å². The molecule has 0 bridgehead atoms. The number of Topliss-reactive ketones (excluding diaryl/α,β-unsaturated/α-hetero) is 2. The summed E-state index contributed by atoms with van der Waals surface area (Å²) < 4.78 is 117. The van der Waals surface area contributed by atoms with Gasteiger partial charge in [-0.1, -0.05) is 27.2 Å². The first-order valence-corrected chi connectivity index (χ1v) is 16.6. The van der Waals surface area contributed by atoms with Gasteiger partial charge in [0, 0.05) is 30.6 Å². The molecule has 15 heteroatoms. The lowest BCUT2D eigenvalue weighted by molar-refractivity contribution is -0.361. The highest BCUT2D eigenvalue weighted by molar-refractivity contribution is 7.85. The van der Waals surface area contributed by atoms with Gasteiger partial charge in [-0.2, -0.15) is 34.8 Å². The number of hydrogen-bond acceptors (Lipinski definition) is 7. The van der Waals surface area contributed by atoms with Gasteiger partial charge in [-0.3, -0.25) is 18.9 Å². The van der Waals surface area contributed by atoms with Crippen molar-refractivity contribution in [3.63, 3.8) is 0 Å². The lowest BCUT2D eigenvalue weighted by Crippen LogP contribution is -2.63. The third kappa shape index (κ3) is 5.93. The van der Waals surface area contributed by atoms with Gasteiger partial charge in [0.15, 0.2) is 0 Å². The number of carbonyl (C=O) groups excluding carboxylic acids is 3. The first-order chi connectivity index (χ1) is 20.0. The molecule has 9 unspecified atom stereocenters. The maximum Gasteiger partial charge on any atom is 0.438 e. The van der Waals surface area contributed by atoms with Crippen LogP contribution in [0.1, 0.15) is 85.0 Å². The summed E-state index contributed by atoms with van der Waals surface area (Å²) >= 11 is 0. The second kappa shape index (κ2) is 11.5. The summed E-state index contributed by atoms with van der Waals surface area (Å²) in [4.78, 5) is 40.1. The third-order valence-electron chi connectivity index (χ3n) is 11.7. The Kier molecular flexibility index (Phi) is 9.18. The molecular weight excluding hydrogens is 622 g/mol. The van der Waals surface area contributed by atoms with Crippen LogP contribution >= 0.6 is 0 Å².